The Labute approximate surface area is 155 Å². The third-order valence-electron chi connectivity index (χ3n) is 4.05. The molecule has 132 valence electrons. The number of phenolic OH excluding ortho intramolecular Hbond substituents is 1. The number of benzene rings is 2. The second-order valence-electron chi connectivity index (χ2n) is 5.83. The molecule has 0 saturated carbocycles. The maximum atomic E-state index is 11.0. The Morgan fingerprint density at radius 1 is 1.19 bits per heavy atom. The average molecular weight is 370 g/mol. The van der Waals surface area contributed by atoms with Crippen molar-refractivity contribution in [2.75, 3.05) is 0 Å². The molecule has 3 rings (SSSR count). The van der Waals surface area contributed by atoms with Crippen molar-refractivity contribution in [3.63, 3.8) is 0 Å². The lowest BCUT2D eigenvalue weighted by molar-refractivity contribution is -0.384. The largest absolute Gasteiger partial charge is 0.506 e. The summed E-state index contributed by atoms with van der Waals surface area (Å²) >= 11 is 5.82. The average Bonchev–Trinajstić information content (AvgIpc) is 2.88. The predicted molar refractivity (Wildman–Crippen MR) is 102 cm³/mol. The van der Waals surface area contributed by atoms with E-state index in [0.29, 0.717) is 16.4 Å². The summed E-state index contributed by atoms with van der Waals surface area (Å²) in [5.74, 6) is 0.00115. The fourth-order valence-corrected chi connectivity index (χ4v) is 2.97. The molecule has 26 heavy (non-hydrogen) atoms. The van der Waals surface area contributed by atoms with Gasteiger partial charge in [-0.3, -0.25) is 15.1 Å². The number of aliphatic imine (C=N–C) groups is 1. The number of nitro benzene ring substituents is 1. The second-order valence-corrected chi connectivity index (χ2v) is 6.27. The first kappa shape index (κ1) is 17.7. The number of rotatable bonds is 4. The number of phenols is 1. The molecule has 0 unspecified atom stereocenters. The smallest absolute Gasteiger partial charge is 0.271 e. The van der Waals surface area contributed by atoms with Gasteiger partial charge in [0.15, 0.2) is 0 Å². The van der Waals surface area contributed by atoms with Crippen molar-refractivity contribution in [2.24, 2.45) is 4.99 Å². The molecule has 0 amide bonds. The van der Waals surface area contributed by atoms with Crippen molar-refractivity contribution < 1.29 is 10.0 Å². The molecule has 1 N–H and O–H groups in total. The van der Waals surface area contributed by atoms with E-state index in [9.17, 15) is 15.2 Å². The molecule has 6 nitrogen and oxygen atoms in total. The number of halogens is 1. The van der Waals surface area contributed by atoms with Crippen LogP contribution in [0.2, 0.25) is 5.02 Å². The zero-order valence-electron chi connectivity index (χ0n) is 14.2. The Bertz CT molecular complexity index is 1020. The number of nitro groups is 1. The van der Waals surface area contributed by atoms with Crippen LogP contribution in [0.3, 0.4) is 0 Å². The fourth-order valence-electron chi connectivity index (χ4n) is 2.81. The van der Waals surface area contributed by atoms with Gasteiger partial charge in [-0.25, -0.2) is 0 Å². The van der Waals surface area contributed by atoms with E-state index in [1.165, 1.54) is 18.2 Å². The molecule has 0 aliphatic carbocycles. The third kappa shape index (κ3) is 3.45. The van der Waals surface area contributed by atoms with E-state index < -0.39 is 4.92 Å². The van der Waals surface area contributed by atoms with E-state index in [1.54, 1.807) is 24.4 Å². The van der Waals surface area contributed by atoms with Gasteiger partial charge in [0.2, 0.25) is 0 Å². The van der Waals surface area contributed by atoms with Crippen molar-refractivity contribution in [1.82, 2.24) is 4.57 Å². The van der Waals surface area contributed by atoms with Gasteiger partial charge in [0.05, 0.1) is 10.6 Å². The second kappa shape index (κ2) is 7.01. The van der Waals surface area contributed by atoms with E-state index in [4.69, 9.17) is 11.6 Å². The fraction of sp³-hybridized carbons (Fsp3) is 0.105. The van der Waals surface area contributed by atoms with E-state index in [-0.39, 0.29) is 11.4 Å². The molecule has 0 aliphatic heterocycles. The van der Waals surface area contributed by atoms with Crippen molar-refractivity contribution in [1.29, 1.82) is 0 Å². The van der Waals surface area contributed by atoms with Crippen LogP contribution in [0.1, 0.15) is 17.0 Å². The number of hydrogen-bond donors (Lipinski definition) is 1. The lowest BCUT2D eigenvalue weighted by atomic mass is 10.2. The highest BCUT2D eigenvalue weighted by atomic mass is 35.5. The zero-order chi connectivity index (χ0) is 18.8. The van der Waals surface area contributed by atoms with Gasteiger partial charge in [0, 0.05) is 46.4 Å². The first-order valence-corrected chi connectivity index (χ1v) is 8.21. The molecule has 1 heterocycles. The highest BCUT2D eigenvalue weighted by Crippen LogP contribution is 2.29. The van der Waals surface area contributed by atoms with Gasteiger partial charge in [-0.2, -0.15) is 0 Å². The Morgan fingerprint density at radius 2 is 1.96 bits per heavy atom. The van der Waals surface area contributed by atoms with Crippen LogP contribution in [0, 0.1) is 24.0 Å². The van der Waals surface area contributed by atoms with Crippen LogP contribution < -0.4 is 0 Å². The van der Waals surface area contributed by atoms with Crippen LogP contribution in [0.15, 0.2) is 53.5 Å². The van der Waals surface area contributed by atoms with E-state index in [2.05, 4.69) is 4.99 Å². The van der Waals surface area contributed by atoms with Crippen molar-refractivity contribution in [3.8, 4) is 11.4 Å². The van der Waals surface area contributed by atoms with E-state index in [1.807, 2.05) is 30.5 Å². The summed E-state index contributed by atoms with van der Waals surface area (Å²) < 4.78 is 1.93. The number of nitrogens with zero attached hydrogens (tertiary/aromatic N) is 3. The summed E-state index contributed by atoms with van der Waals surface area (Å²) in [4.78, 5) is 14.9. The quantitative estimate of drug-likeness (QED) is 0.394. The molecule has 7 heteroatoms. The summed E-state index contributed by atoms with van der Waals surface area (Å²) in [5.41, 5.74) is 3.82. The van der Waals surface area contributed by atoms with Crippen molar-refractivity contribution in [3.05, 3.63) is 80.6 Å². The summed E-state index contributed by atoms with van der Waals surface area (Å²) in [7, 11) is 0. The SMILES string of the molecule is Cc1cc(C=Nc2ccc(Cl)cc2O)c(C)n1-c1cccc([N+](=O)[O-])c1. The van der Waals surface area contributed by atoms with Crippen LogP contribution in [-0.2, 0) is 0 Å². The molecule has 0 saturated heterocycles. The number of aryl methyl sites for hydroxylation is 1. The molecular weight excluding hydrogens is 354 g/mol. The third-order valence-corrected chi connectivity index (χ3v) is 4.28. The maximum absolute atomic E-state index is 11.0. The number of aromatic hydroxyl groups is 1. The van der Waals surface area contributed by atoms with Gasteiger partial charge in [0.1, 0.15) is 11.4 Å². The van der Waals surface area contributed by atoms with Crippen molar-refractivity contribution >= 4 is 29.2 Å². The predicted octanol–water partition coefficient (Wildman–Crippen LogP) is 5.11. The lowest BCUT2D eigenvalue weighted by Gasteiger charge is -2.09. The van der Waals surface area contributed by atoms with Gasteiger partial charge in [-0.15, -0.1) is 0 Å². The minimum atomic E-state index is -0.413. The van der Waals surface area contributed by atoms with Gasteiger partial charge < -0.3 is 9.67 Å². The first-order chi connectivity index (χ1) is 12.4. The molecule has 0 atom stereocenters. The molecule has 0 fully saturated rings. The van der Waals surface area contributed by atoms with Crippen LogP contribution in [-0.4, -0.2) is 20.8 Å². The molecule has 0 bridgehead atoms. The topological polar surface area (TPSA) is 80.7 Å². The summed E-state index contributed by atoms with van der Waals surface area (Å²) in [6, 6.07) is 13.1. The first-order valence-electron chi connectivity index (χ1n) is 7.83. The Balaban J connectivity index is 1.99. The van der Waals surface area contributed by atoms with Gasteiger partial charge >= 0.3 is 0 Å². The summed E-state index contributed by atoms with van der Waals surface area (Å²) in [5, 5.41) is 21.3. The van der Waals surface area contributed by atoms with Crippen LogP contribution in [0.25, 0.3) is 5.69 Å². The molecule has 0 radical (unpaired) electrons. The lowest BCUT2D eigenvalue weighted by Crippen LogP contribution is -2.00. The molecule has 3 aromatic rings. The normalized spacial score (nSPS) is 11.2. The molecule has 1 aromatic heterocycles. The van der Waals surface area contributed by atoms with Crippen LogP contribution >= 0.6 is 11.6 Å². The van der Waals surface area contributed by atoms with E-state index in [0.717, 1.165) is 17.0 Å². The van der Waals surface area contributed by atoms with Crippen molar-refractivity contribution in [2.45, 2.75) is 13.8 Å². The molecule has 2 aromatic carbocycles. The minimum absolute atomic E-state index is 0.00115. The standard InChI is InChI=1S/C19H16ClN3O3/c1-12-8-14(11-21-18-7-6-15(20)9-19(18)24)13(2)22(12)16-4-3-5-17(10-16)23(25)26/h3-11,24H,1-2H3. The monoisotopic (exact) mass is 369 g/mol. The molecular formula is C19H16ClN3O3. The van der Waals surface area contributed by atoms with Gasteiger partial charge in [-0.1, -0.05) is 17.7 Å². The zero-order valence-corrected chi connectivity index (χ0v) is 14.9. The Morgan fingerprint density at radius 3 is 2.65 bits per heavy atom. The van der Waals surface area contributed by atoms with Gasteiger partial charge in [-0.05, 0) is 38.1 Å². The summed E-state index contributed by atoms with van der Waals surface area (Å²) in [6.07, 6.45) is 1.65. The Hall–Kier alpha value is -3.12. The minimum Gasteiger partial charge on any atom is -0.506 e. The molecule has 0 aliphatic rings. The highest BCUT2D eigenvalue weighted by Gasteiger charge is 2.13. The number of aromatic nitrogens is 1. The summed E-state index contributed by atoms with van der Waals surface area (Å²) in [6.45, 7) is 3.83. The van der Waals surface area contributed by atoms with Gasteiger partial charge in [0.25, 0.3) is 5.69 Å². The number of hydrogen-bond acceptors (Lipinski definition) is 4. The van der Waals surface area contributed by atoms with Crippen LogP contribution in [0.4, 0.5) is 11.4 Å². The maximum Gasteiger partial charge on any atom is 0.271 e. The van der Waals surface area contributed by atoms with E-state index >= 15 is 0 Å². The molecule has 0 spiro atoms. The van der Waals surface area contributed by atoms with Crippen LogP contribution in [0.5, 0.6) is 5.75 Å². The Kier molecular flexibility index (Phi) is 4.77. The number of non-ortho nitro benzene ring substituents is 1. The highest BCUT2D eigenvalue weighted by molar-refractivity contribution is 6.30.